The molecule has 1 unspecified atom stereocenters. The second-order valence-electron chi connectivity index (χ2n) is 10.4. The first-order valence-electron chi connectivity index (χ1n) is 13.7. The average molecular weight is 577 g/mol. The van der Waals surface area contributed by atoms with E-state index in [2.05, 4.69) is 12.1 Å². The predicted octanol–water partition coefficient (Wildman–Crippen LogP) is 8.60. The summed E-state index contributed by atoms with van der Waals surface area (Å²) in [6.45, 7) is 4.62. The molecule has 0 saturated heterocycles. The highest BCUT2D eigenvalue weighted by molar-refractivity contribution is 5.50. The van der Waals surface area contributed by atoms with E-state index in [1.807, 2.05) is 12.1 Å². The predicted molar refractivity (Wildman–Crippen MR) is 140 cm³/mol. The van der Waals surface area contributed by atoms with E-state index in [0.717, 1.165) is 6.07 Å². The highest BCUT2D eigenvalue weighted by Crippen LogP contribution is 2.46. The second-order valence-corrected chi connectivity index (χ2v) is 10.4. The van der Waals surface area contributed by atoms with Crippen molar-refractivity contribution < 1.29 is 45.3 Å². The normalized spacial score (nSPS) is 15.8. The Bertz CT molecular complexity index is 1040. The van der Waals surface area contributed by atoms with Gasteiger partial charge in [-0.1, -0.05) is 37.5 Å². The Balaban J connectivity index is 1.61. The van der Waals surface area contributed by atoms with Crippen LogP contribution in [0.25, 0.3) is 0 Å². The summed E-state index contributed by atoms with van der Waals surface area (Å²) < 4.78 is 105. The first-order valence-corrected chi connectivity index (χ1v) is 13.7. The van der Waals surface area contributed by atoms with Crippen LogP contribution >= 0.6 is 0 Å². The Hall–Kier alpha value is -2.46. The fourth-order valence-electron chi connectivity index (χ4n) is 4.95. The van der Waals surface area contributed by atoms with E-state index in [1.54, 1.807) is 20.8 Å². The van der Waals surface area contributed by atoms with Crippen LogP contribution in [0.3, 0.4) is 0 Å². The minimum absolute atomic E-state index is 0.101. The van der Waals surface area contributed by atoms with Gasteiger partial charge < -0.3 is 18.9 Å². The maximum absolute atomic E-state index is 14.1. The number of benzene rings is 2. The Morgan fingerprint density at radius 3 is 1.95 bits per heavy atom. The topological polar surface area (TPSA) is 36.9 Å². The fraction of sp³-hybridized carbons (Fsp3) is 0.600. The number of hydrogen-bond acceptors (Lipinski definition) is 4. The Morgan fingerprint density at radius 2 is 1.35 bits per heavy atom. The van der Waals surface area contributed by atoms with Crippen molar-refractivity contribution in [3.63, 3.8) is 0 Å². The van der Waals surface area contributed by atoms with Crippen molar-refractivity contribution in [3.8, 4) is 11.5 Å². The van der Waals surface area contributed by atoms with E-state index in [4.69, 9.17) is 18.9 Å². The van der Waals surface area contributed by atoms with Gasteiger partial charge in [-0.05, 0) is 75.3 Å². The Labute approximate surface area is 231 Å². The number of rotatable bonds is 13. The van der Waals surface area contributed by atoms with Gasteiger partial charge in [-0.3, -0.25) is 0 Å². The molecule has 0 heterocycles. The second kappa shape index (κ2) is 14.4. The van der Waals surface area contributed by atoms with E-state index in [1.165, 1.54) is 37.7 Å². The van der Waals surface area contributed by atoms with Crippen LogP contribution in [0.5, 0.6) is 11.5 Å². The highest BCUT2D eigenvalue weighted by Gasteiger charge is 2.44. The summed E-state index contributed by atoms with van der Waals surface area (Å²) in [6, 6.07) is 9.39. The van der Waals surface area contributed by atoms with E-state index in [0.29, 0.717) is 17.7 Å². The lowest BCUT2D eigenvalue weighted by atomic mass is 9.84. The molecule has 1 fully saturated rings. The molecule has 0 aromatic heterocycles. The van der Waals surface area contributed by atoms with Crippen LogP contribution in [-0.4, -0.2) is 38.6 Å². The minimum atomic E-state index is -5.07. The molecule has 0 N–H and O–H groups in total. The lowest BCUT2D eigenvalue weighted by Gasteiger charge is -2.23. The molecule has 0 amide bonds. The first kappa shape index (κ1) is 32.1. The van der Waals surface area contributed by atoms with Crippen LogP contribution in [0.4, 0.5) is 26.3 Å². The highest BCUT2D eigenvalue weighted by atomic mass is 19.4. The lowest BCUT2D eigenvalue weighted by molar-refractivity contribution is -0.146. The Kier molecular flexibility index (Phi) is 11.6. The molecule has 224 valence electrons. The van der Waals surface area contributed by atoms with Gasteiger partial charge in [-0.2, -0.15) is 26.3 Å². The number of hydrogen-bond donors (Lipinski definition) is 0. The van der Waals surface area contributed by atoms with Crippen LogP contribution in [-0.2, 0) is 28.2 Å². The number of halogens is 6. The van der Waals surface area contributed by atoms with E-state index in [9.17, 15) is 26.3 Å². The van der Waals surface area contributed by atoms with Crippen LogP contribution in [0, 0.1) is 0 Å². The van der Waals surface area contributed by atoms with E-state index < -0.39 is 41.9 Å². The standard InChI is InChI=1S/C30H38F6O4/c1-20(2)37-15-18-40-28-26(29(31,32)33)14-11-24(27(28)30(34,35)36)19-21(3)38-16-17-39-25-12-9-23(10-13-25)22-7-5-4-6-8-22/h9-14,20-22H,4-8,15-19H2,1-3H3. The molecule has 0 bridgehead atoms. The number of alkyl halides is 6. The molecule has 0 radical (unpaired) electrons. The molecule has 40 heavy (non-hydrogen) atoms. The van der Waals surface area contributed by atoms with E-state index in [-0.39, 0.29) is 37.9 Å². The molecule has 0 aliphatic heterocycles. The van der Waals surface area contributed by atoms with Crippen molar-refractivity contribution in [3.05, 3.63) is 58.7 Å². The van der Waals surface area contributed by atoms with Crippen LogP contribution in [0.1, 0.15) is 81.0 Å². The largest absolute Gasteiger partial charge is 0.491 e. The third kappa shape index (κ3) is 9.58. The SMILES string of the molecule is CC(C)OCCOc1c(C(F)(F)F)ccc(CC(C)OCCOc2ccc(C3CCCCC3)cc2)c1C(F)(F)F. The van der Waals surface area contributed by atoms with E-state index >= 15 is 0 Å². The zero-order valence-electron chi connectivity index (χ0n) is 23.2. The number of ether oxygens (including phenoxy) is 4. The molecule has 1 aliphatic carbocycles. The van der Waals surface area contributed by atoms with Crippen molar-refractivity contribution in [1.29, 1.82) is 0 Å². The van der Waals surface area contributed by atoms with Crippen LogP contribution < -0.4 is 9.47 Å². The summed E-state index contributed by atoms with van der Waals surface area (Å²) >= 11 is 0. The van der Waals surface area contributed by atoms with Gasteiger partial charge in [0.25, 0.3) is 0 Å². The van der Waals surface area contributed by atoms with Gasteiger partial charge >= 0.3 is 12.4 Å². The monoisotopic (exact) mass is 576 g/mol. The van der Waals surface area contributed by atoms with Gasteiger partial charge in [0, 0.05) is 0 Å². The van der Waals surface area contributed by atoms with Crippen molar-refractivity contribution >= 4 is 0 Å². The molecular weight excluding hydrogens is 538 g/mol. The summed E-state index contributed by atoms with van der Waals surface area (Å²) in [4.78, 5) is 0. The average Bonchev–Trinajstić information content (AvgIpc) is 2.88. The van der Waals surface area contributed by atoms with Crippen molar-refractivity contribution in [2.24, 2.45) is 0 Å². The van der Waals surface area contributed by atoms with Crippen molar-refractivity contribution in [2.75, 3.05) is 26.4 Å². The third-order valence-corrected chi connectivity index (χ3v) is 6.83. The van der Waals surface area contributed by atoms with Crippen molar-refractivity contribution in [1.82, 2.24) is 0 Å². The van der Waals surface area contributed by atoms with Crippen LogP contribution in [0.15, 0.2) is 36.4 Å². The summed E-state index contributed by atoms with van der Waals surface area (Å²) in [5.41, 5.74) is -1.97. The van der Waals surface area contributed by atoms with Gasteiger partial charge in [-0.25, -0.2) is 0 Å². The smallest absolute Gasteiger partial charge is 0.420 e. The third-order valence-electron chi connectivity index (χ3n) is 6.83. The summed E-state index contributed by atoms with van der Waals surface area (Å²) in [7, 11) is 0. The molecule has 1 aliphatic rings. The van der Waals surface area contributed by atoms with Crippen LogP contribution in [0.2, 0.25) is 0 Å². The van der Waals surface area contributed by atoms with Gasteiger partial charge in [0.05, 0.1) is 31.0 Å². The summed E-state index contributed by atoms with van der Waals surface area (Å²) in [5.74, 6) is 0.0104. The molecule has 2 aromatic carbocycles. The quantitative estimate of drug-likeness (QED) is 0.177. The lowest BCUT2D eigenvalue weighted by Crippen LogP contribution is -2.22. The molecule has 10 heteroatoms. The maximum Gasteiger partial charge on any atom is 0.420 e. The van der Waals surface area contributed by atoms with Gasteiger partial charge in [0.15, 0.2) is 0 Å². The first-order chi connectivity index (χ1) is 18.9. The molecule has 4 nitrogen and oxygen atoms in total. The summed E-state index contributed by atoms with van der Waals surface area (Å²) in [6.07, 6.45) is -5.15. The zero-order chi connectivity index (χ0) is 29.3. The zero-order valence-corrected chi connectivity index (χ0v) is 23.2. The van der Waals surface area contributed by atoms with Crippen molar-refractivity contribution in [2.45, 2.75) is 89.8 Å². The summed E-state index contributed by atoms with van der Waals surface area (Å²) in [5, 5.41) is 0. The van der Waals surface area contributed by atoms with Gasteiger partial charge in [0.2, 0.25) is 0 Å². The fourth-order valence-corrected chi connectivity index (χ4v) is 4.95. The minimum Gasteiger partial charge on any atom is -0.491 e. The molecule has 2 aromatic rings. The molecule has 1 atom stereocenters. The molecular formula is C30H38F6O4. The molecule has 3 rings (SSSR count). The maximum atomic E-state index is 14.1. The molecule has 0 spiro atoms. The van der Waals surface area contributed by atoms with Gasteiger partial charge in [-0.15, -0.1) is 0 Å². The van der Waals surface area contributed by atoms with Gasteiger partial charge in [0.1, 0.15) is 30.3 Å². The Morgan fingerprint density at radius 1 is 0.725 bits per heavy atom. The molecule has 1 saturated carbocycles.